The van der Waals surface area contributed by atoms with Gasteiger partial charge in [-0.2, -0.15) is 26.3 Å². The first-order valence-electron chi connectivity index (χ1n) is 10.7. The number of aliphatic carboxylic acids is 2. The molecule has 9 nitrogen and oxygen atoms in total. The van der Waals surface area contributed by atoms with Crippen molar-refractivity contribution < 1.29 is 55.4 Å². The molecule has 2 saturated heterocycles. The van der Waals surface area contributed by atoms with Crippen LogP contribution in [0, 0.1) is 0 Å². The third-order valence-electron chi connectivity index (χ3n) is 5.67. The van der Waals surface area contributed by atoms with Crippen molar-refractivity contribution in [2.45, 2.75) is 49.6 Å². The number of nitrogens with one attached hydrogen (secondary N) is 1. The summed E-state index contributed by atoms with van der Waals surface area (Å²) in [5.41, 5.74) is 2.21. The van der Waals surface area contributed by atoms with Crippen LogP contribution in [0.3, 0.4) is 0 Å². The van der Waals surface area contributed by atoms with Gasteiger partial charge in [0.15, 0.2) is 0 Å². The van der Waals surface area contributed by atoms with Gasteiger partial charge in [0.1, 0.15) is 0 Å². The van der Waals surface area contributed by atoms with E-state index in [4.69, 9.17) is 24.2 Å². The van der Waals surface area contributed by atoms with Crippen LogP contribution in [0.4, 0.5) is 26.3 Å². The molecule has 0 aromatic carbocycles. The number of amides is 1. The van der Waals surface area contributed by atoms with Gasteiger partial charge in [-0.1, -0.05) is 6.07 Å². The van der Waals surface area contributed by atoms with Gasteiger partial charge in [-0.15, -0.1) is 0 Å². The van der Waals surface area contributed by atoms with Gasteiger partial charge < -0.3 is 19.9 Å². The summed E-state index contributed by atoms with van der Waals surface area (Å²) in [6, 6.07) is 5.92. The molecule has 4 rings (SSSR count). The van der Waals surface area contributed by atoms with Gasteiger partial charge >= 0.3 is 24.3 Å². The first-order valence-corrected chi connectivity index (χ1v) is 10.7. The molecule has 2 aliphatic rings. The monoisotopic (exact) mass is 539 g/mol. The molecule has 1 amide bonds. The lowest BCUT2D eigenvalue weighted by Gasteiger charge is -2.39. The average Bonchev–Trinajstić information content (AvgIpc) is 3.43. The molecule has 0 aliphatic carbocycles. The topological polar surface area (TPSA) is 133 Å². The van der Waals surface area contributed by atoms with Crippen LogP contribution in [-0.4, -0.2) is 68.9 Å². The van der Waals surface area contributed by atoms with Gasteiger partial charge in [0.05, 0.1) is 18.4 Å². The molecule has 204 valence electrons. The summed E-state index contributed by atoms with van der Waals surface area (Å²) in [5, 5.41) is 17.5. The van der Waals surface area contributed by atoms with Crippen LogP contribution in [-0.2, 0) is 20.9 Å². The van der Waals surface area contributed by atoms with Crippen molar-refractivity contribution in [3.8, 4) is 0 Å². The van der Waals surface area contributed by atoms with Crippen molar-refractivity contribution >= 4 is 17.8 Å². The zero-order valence-corrected chi connectivity index (χ0v) is 19.1. The second-order valence-corrected chi connectivity index (χ2v) is 8.33. The zero-order valence-electron chi connectivity index (χ0n) is 19.1. The van der Waals surface area contributed by atoms with Crippen molar-refractivity contribution in [1.82, 2.24) is 15.2 Å². The van der Waals surface area contributed by atoms with Gasteiger partial charge in [-0.3, -0.25) is 14.7 Å². The molecule has 2 aliphatic heterocycles. The number of piperidine rings is 1. The Morgan fingerprint density at radius 1 is 1.08 bits per heavy atom. The minimum atomic E-state index is -5.08. The number of hydrogen-bond acceptors (Lipinski definition) is 6. The summed E-state index contributed by atoms with van der Waals surface area (Å²) in [6.07, 6.45) is -0.174. The SMILES string of the molecule is O=C(O)C(F)(F)F.O=C(O)C(F)(F)F.O=C1NC2(CCN(Cc3ccoc3)CC2)CC1c1cccnc1. The normalized spacial score (nSPS) is 19.2. The number of halogens is 6. The quantitative estimate of drug-likeness (QED) is 0.505. The molecule has 1 atom stereocenters. The Kier molecular flexibility index (Phi) is 9.67. The second-order valence-electron chi connectivity index (χ2n) is 8.33. The highest BCUT2D eigenvalue weighted by molar-refractivity contribution is 5.87. The van der Waals surface area contributed by atoms with E-state index in [9.17, 15) is 31.1 Å². The third-order valence-corrected chi connectivity index (χ3v) is 5.67. The molecule has 2 fully saturated rings. The Bertz CT molecular complexity index is 1010. The van der Waals surface area contributed by atoms with E-state index in [1.807, 2.05) is 24.4 Å². The number of nitrogens with zero attached hydrogens (tertiary/aromatic N) is 2. The number of furan rings is 1. The number of carbonyl (C=O) groups excluding carboxylic acids is 1. The van der Waals surface area contributed by atoms with Crippen molar-refractivity contribution in [3.05, 3.63) is 54.2 Å². The molecule has 4 heterocycles. The lowest BCUT2D eigenvalue weighted by Crippen LogP contribution is -2.50. The Balaban J connectivity index is 0.000000286. The molecule has 15 heteroatoms. The number of pyridine rings is 1. The highest BCUT2D eigenvalue weighted by Gasteiger charge is 2.46. The fraction of sp³-hybridized carbons (Fsp3) is 0.455. The van der Waals surface area contributed by atoms with Crippen LogP contribution in [0.5, 0.6) is 0 Å². The Hall–Kier alpha value is -3.62. The second kappa shape index (κ2) is 12.1. The van der Waals surface area contributed by atoms with Crippen LogP contribution in [0.25, 0.3) is 0 Å². The van der Waals surface area contributed by atoms with Gasteiger partial charge in [0, 0.05) is 43.1 Å². The molecule has 2 aromatic rings. The van der Waals surface area contributed by atoms with Crippen LogP contribution in [0.2, 0.25) is 0 Å². The van der Waals surface area contributed by atoms with Crippen LogP contribution < -0.4 is 5.32 Å². The predicted molar refractivity (Wildman–Crippen MR) is 113 cm³/mol. The number of carbonyl (C=O) groups is 3. The summed E-state index contributed by atoms with van der Waals surface area (Å²) in [5.74, 6) is -5.41. The Morgan fingerprint density at radius 3 is 2.08 bits per heavy atom. The van der Waals surface area contributed by atoms with Gasteiger partial charge in [0.25, 0.3) is 0 Å². The van der Waals surface area contributed by atoms with E-state index in [1.165, 1.54) is 5.56 Å². The number of rotatable bonds is 3. The fourth-order valence-electron chi connectivity index (χ4n) is 3.84. The van der Waals surface area contributed by atoms with Crippen LogP contribution in [0.1, 0.15) is 36.3 Å². The lowest BCUT2D eigenvalue weighted by molar-refractivity contribution is -0.193. The van der Waals surface area contributed by atoms with Gasteiger partial charge in [0.2, 0.25) is 5.91 Å². The standard InChI is InChI=1S/C18H21N3O2.2C2HF3O2/c22-17-16(15-2-1-6-19-11-15)10-18(20-17)4-7-21(8-5-18)12-14-3-9-23-13-14;2*3-2(4,5)1(6)7/h1-3,6,9,11,13,16H,4-5,7-8,10,12H2,(H,20,22);2*(H,6,7). The Morgan fingerprint density at radius 2 is 1.65 bits per heavy atom. The smallest absolute Gasteiger partial charge is 0.475 e. The molecule has 0 radical (unpaired) electrons. The molecule has 2 aromatic heterocycles. The number of carboxylic acid groups (broad SMARTS) is 2. The van der Waals surface area contributed by atoms with E-state index in [1.54, 1.807) is 18.7 Å². The largest absolute Gasteiger partial charge is 0.490 e. The van der Waals surface area contributed by atoms with Crippen molar-refractivity contribution in [2.24, 2.45) is 0 Å². The molecule has 0 bridgehead atoms. The molecular weight excluding hydrogens is 516 g/mol. The first-order chi connectivity index (χ1) is 17.1. The van der Waals surface area contributed by atoms with Gasteiger partial charge in [-0.25, -0.2) is 9.59 Å². The first kappa shape index (κ1) is 29.6. The number of hydrogen-bond donors (Lipinski definition) is 3. The molecule has 1 spiro atoms. The van der Waals surface area contributed by atoms with E-state index in [0.717, 1.165) is 44.5 Å². The zero-order chi connectivity index (χ0) is 27.9. The van der Waals surface area contributed by atoms with Crippen LogP contribution in [0.15, 0.2) is 47.5 Å². The summed E-state index contributed by atoms with van der Waals surface area (Å²) in [6.45, 7) is 2.93. The number of carboxylic acids is 2. The van der Waals surface area contributed by atoms with E-state index in [0.29, 0.717) is 0 Å². The predicted octanol–water partition coefficient (Wildman–Crippen LogP) is 3.58. The van der Waals surface area contributed by atoms with E-state index in [2.05, 4.69) is 15.2 Å². The molecular formula is C22H23F6N3O6. The van der Waals surface area contributed by atoms with E-state index < -0.39 is 24.3 Å². The maximum atomic E-state index is 12.4. The van der Waals surface area contributed by atoms with E-state index in [-0.39, 0.29) is 17.4 Å². The van der Waals surface area contributed by atoms with Crippen LogP contribution >= 0.6 is 0 Å². The molecule has 3 N–H and O–H groups in total. The number of alkyl halides is 6. The maximum Gasteiger partial charge on any atom is 0.490 e. The highest BCUT2D eigenvalue weighted by atomic mass is 19.4. The van der Waals surface area contributed by atoms with Gasteiger partial charge in [-0.05, 0) is 37.0 Å². The van der Waals surface area contributed by atoms with Crippen molar-refractivity contribution in [1.29, 1.82) is 0 Å². The number of aromatic nitrogens is 1. The minimum Gasteiger partial charge on any atom is -0.475 e. The summed E-state index contributed by atoms with van der Waals surface area (Å²) in [4.78, 5) is 36.8. The lowest BCUT2D eigenvalue weighted by atomic mass is 9.82. The molecule has 37 heavy (non-hydrogen) atoms. The molecule has 1 unspecified atom stereocenters. The third kappa shape index (κ3) is 9.08. The average molecular weight is 539 g/mol. The number of likely N-dealkylation sites (tertiary alicyclic amines) is 1. The molecule has 0 saturated carbocycles. The minimum absolute atomic E-state index is 0.0372. The fourth-order valence-corrected chi connectivity index (χ4v) is 3.84. The van der Waals surface area contributed by atoms with Crippen molar-refractivity contribution in [3.63, 3.8) is 0 Å². The Labute approximate surface area is 206 Å². The summed E-state index contributed by atoms with van der Waals surface area (Å²) < 4.78 is 68.6. The van der Waals surface area contributed by atoms with Crippen molar-refractivity contribution in [2.75, 3.05) is 13.1 Å². The maximum absolute atomic E-state index is 12.4. The highest BCUT2D eigenvalue weighted by Crippen LogP contribution is 2.39. The summed E-state index contributed by atoms with van der Waals surface area (Å²) in [7, 11) is 0. The van der Waals surface area contributed by atoms with E-state index >= 15 is 0 Å². The summed E-state index contributed by atoms with van der Waals surface area (Å²) >= 11 is 0.